The van der Waals surface area contributed by atoms with Crippen molar-refractivity contribution in [3.8, 4) is 17.2 Å². The molecular weight excluding hydrogens is 326 g/mol. The molecule has 7 nitrogen and oxygen atoms in total. The Morgan fingerprint density at radius 3 is 2.23 bits per heavy atom. The van der Waals surface area contributed by atoms with E-state index in [1.165, 1.54) is 44.4 Å². The van der Waals surface area contributed by atoms with Crippen LogP contribution < -0.4 is 19.5 Å². The lowest BCUT2D eigenvalue weighted by atomic mass is 10.1. The molecule has 0 atom stereocenters. The van der Waals surface area contributed by atoms with Gasteiger partial charge < -0.3 is 14.2 Å². The number of nitrogens with one attached hydrogen (secondary N) is 1. The molecule has 1 aromatic heterocycles. The summed E-state index contributed by atoms with van der Waals surface area (Å²) in [5.41, 5.74) is 0.371. The van der Waals surface area contributed by atoms with E-state index in [2.05, 4.69) is 15.5 Å². The van der Waals surface area contributed by atoms with Crippen LogP contribution in [0.4, 0.5) is 5.13 Å². The first kappa shape index (κ1) is 16.4. The van der Waals surface area contributed by atoms with Crippen LogP contribution in [0.1, 0.15) is 10.4 Å². The molecule has 0 spiro atoms. The lowest BCUT2D eigenvalue weighted by molar-refractivity contribution is 0.102. The number of rotatable bonds is 6. The molecule has 0 radical (unpaired) electrons. The molecule has 1 N–H and O–H groups in total. The second-order valence-electron chi connectivity index (χ2n) is 3.95. The number of benzene rings is 1. The van der Waals surface area contributed by atoms with Crippen LogP contribution in [0.25, 0.3) is 0 Å². The number of amides is 1. The highest BCUT2D eigenvalue weighted by molar-refractivity contribution is 8.00. The van der Waals surface area contributed by atoms with E-state index in [0.29, 0.717) is 27.9 Å². The van der Waals surface area contributed by atoms with Crippen molar-refractivity contribution in [2.45, 2.75) is 4.34 Å². The highest BCUT2D eigenvalue weighted by Crippen LogP contribution is 2.38. The van der Waals surface area contributed by atoms with E-state index >= 15 is 0 Å². The van der Waals surface area contributed by atoms with Gasteiger partial charge in [0.25, 0.3) is 5.91 Å². The average molecular weight is 341 g/mol. The first-order chi connectivity index (χ1) is 10.6. The number of aromatic nitrogens is 2. The van der Waals surface area contributed by atoms with E-state index < -0.39 is 0 Å². The number of carbonyl (C=O) groups excluding carboxylic acids is 1. The molecule has 9 heteroatoms. The summed E-state index contributed by atoms with van der Waals surface area (Å²) in [5.74, 6) is 0.924. The van der Waals surface area contributed by atoms with Crippen LogP contribution in [-0.2, 0) is 0 Å². The molecule has 2 aromatic rings. The van der Waals surface area contributed by atoms with Crippen molar-refractivity contribution < 1.29 is 19.0 Å². The SMILES string of the molecule is COc1cc(C(=O)Nc2nnc(SC)s2)cc(OC)c1OC. The third kappa shape index (κ3) is 3.42. The number of anilines is 1. The third-order valence-corrected chi connectivity index (χ3v) is 4.54. The Bertz CT molecular complexity index is 650. The van der Waals surface area contributed by atoms with Crippen molar-refractivity contribution in [2.75, 3.05) is 32.9 Å². The summed E-state index contributed by atoms with van der Waals surface area (Å²) < 4.78 is 16.5. The zero-order valence-electron chi connectivity index (χ0n) is 12.5. The van der Waals surface area contributed by atoms with Gasteiger partial charge in [-0.1, -0.05) is 23.1 Å². The first-order valence-electron chi connectivity index (χ1n) is 6.11. The molecule has 0 bridgehead atoms. The van der Waals surface area contributed by atoms with E-state index in [4.69, 9.17) is 14.2 Å². The van der Waals surface area contributed by atoms with E-state index in [1.54, 1.807) is 12.1 Å². The molecular formula is C13H15N3O4S2. The molecule has 0 unspecified atom stereocenters. The third-order valence-electron chi connectivity index (χ3n) is 2.73. The van der Waals surface area contributed by atoms with E-state index in [1.807, 2.05) is 6.26 Å². The Hall–Kier alpha value is -2.00. The first-order valence-corrected chi connectivity index (χ1v) is 8.16. The van der Waals surface area contributed by atoms with Gasteiger partial charge in [-0.2, -0.15) is 0 Å². The topological polar surface area (TPSA) is 82.6 Å². The monoisotopic (exact) mass is 341 g/mol. The van der Waals surface area contributed by atoms with Gasteiger partial charge in [0.15, 0.2) is 15.8 Å². The van der Waals surface area contributed by atoms with Crippen LogP contribution in [0.2, 0.25) is 0 Å². The van der Waals surface area contributed by atoms with Crippen molar-refractivity contribution in [3.05, 3.63) is 17.7 Å². The van der Waals surface area contributed by atoms with E-state index in [0.717, 1.165) is 4.34 Å². The predicted octanol–water partition coefficient (Wildman–Crippen LogP) is 2.54. The van der Waals surface area contributed by atoms with Crippen LogP contribution in [0.5, 0.6) is 17.2 Å². The number of methoxy groups -OCH3 is 3. The Kier molecular flexibility index (Phi) is 5.45. The molecule has 0 aliphatic rings. The van der Waals surface area contributed by atoms with Gasteiger partial charge in [0.1, 0.15) is 0 Å². The summed E-state index contributed by atoms with van der Waals surface area (Å²) in [5, 5.41) is 11.0. The van der Waals surface area contributed by atoms with Crippen molar-refractivity contribution in [1.82, 2.24) is 10.2 Å². The maximum absolute atomic E-state index is 12.3. The Morgan fingerprint density at radius 2 is 1.77 bits per heavy atom. The molecule has 2 rings (SSSR count). The van der Waals surface area contributed by atoms with Gasteiger partial charge in [0.2, 0.25) is 10.9 Å². The molecule has 1 heterocycles. The van der Waals surface area contributed by atoms with Gasteiger partial charge in [0, 0.05) is 5.56 Å². The van der Waals surface area contributed by atoms with Crippen LogP contribution >= 0.6 is 23.1 Å². The van der Waals surface area contributed by atoms with Gasteiger partial charge in [-0.05, 0) is 18.4 Å². The molecule has 0 saturated carbocycles. The second kappa shape index (κ2) is 7.32. The quantitative estimate of drug-likeness (QED) is 0.638. The minimum atomic E-state index is -0.331. The number of nitrogens with zero attached hydrogens (tertiary/aromatic N) is 2. The van der Waals surface area contributed by atoms with Crippen molar-refractivity contribution in [2.24, 2.45) is 0 Å². The summed E-state index contributed by atoms with van der Waals surface area (Å²) in [7, 11) is 4.49. The van der Waals surface area contributed by atoms with Gasteiger partial charge >= 0.3 is 0 Å². The summed E-state index contributed by atoms with van der Waals surface area (Å²) >= 11 is 2.77. The lowest BCUT2D eigenvalue weighted by Gasteiger charge is -2.13. The van der Waals surface area contributed by atoms with Crippen LogP contribution in [-0.4, -0.2) is 43.7 Å². The number of hydrogen-bond donors (Lipinski definition) is 1. The fourth-order valence-electron chi connectivity index (χ4n) is 1.72. The van der Waals surface area contributed by atoms with E-state index in [9.17, 15) is 4.79 Å². The zero-order valence-corrected chi connectivity index (χ0v) is 14.1. The summed E-state index contributed by atoms with van der Waals surface area (Å²) in [6, 6.07) is 3.15. The highest BCUT2D eigenvalue weighted by atomic mass is 32.2. The maximum atomic E-state index is 12.3. The Balaban J connectivity index is 2.29. The molecule has 0 aliphatic carbocycles. The minimum Gasteiger partial charge on any atom is -0.493 e. The Labute approximate surface area is 136 Å². The van der Waals surface area contributed by atoms with Gasteiger partial charge in [-0.15, -0.1) is 10.2 Å². The fraction of sp³-hybridized carbons (Fsp3) is 0.308. The van der Waals surface area contributed by atoms with Crippen LogP contribution in [0.15, 0.2) is 16.5 Å². The van der Waals surface area contributed by atoms with Gasteiger partial charge in [-0.3, -0.25) is 10.1 Å². The second-order valence-corrected chi connectivity index (χ2v) is 5.98. The minimum absolute atomic E-state index is 0.331. The van der Waals surface area contributed by atoms with E-state index in [-0.39, 0.29) is 5.91 Å². The predicted molar refractivity (Wildman–Crippen MR) is 85.7 cm³/mol. The smallest absolute Gasteiger partial charge is 0.257 e. The normalized spacial score (nSPS) is 10.2. The van der Waals surface area contributed by atoms with Crippen LogP contribution in [0, 0.1) is 0 Å². The maximum Gasteiger partial charge on any atom is 0.257 e. The summed E-state index contributed by atoms with van der Waals surface area (Å²) in [6.07, 6.45) is 1.89. The molecule has 0 aliphatic heterocycles. The lowest BCUT2D eigenvalue weighted by Crippen LogP contribution is -2.12. The number of hydrogen-bond acceptors (Lipinski definition) is 8. The summed E-state index contributed by atoms with van der Waals surface area (Å²) in [6.45, 7) is 0. The zero-order chi connectivity index (χ0) is 16.1. The molecule has 118 valence electrons. The molecule has 22 heavy (non-hydrogen) atoms. The average Bonchev–Trinajstić information content (AvgIpc) is 3.00. The number of carbonyl (C=O) groups is 1. The molecule has 0 saturated heterocycles. The van der Waals surface area contributed by atoms with Gasteiger partial charge in [0.05, 0.1) is 21.3 Å². The number of thioether (sulfide) groups is 1. The summed E-state index contributed by atoms with van der Waals surface area (Å²) in [4.78, 5) is 12.3. The molecule has 1 aromatic carbocycles. The standard InChI is InChI=1S/C13H15N3O4S2/c1-18-8-5-7(6-9(19-2)10(8)20-3)11(17)14-12-15-16-13(21-4)22-12/h5-6H,1-4H3,(H,14,15,17). The fourth-order valence-corrected chi connectivity index (χ4v) is 2.89. The van der Waals surface area contributed by atoms with Crippen LogP contribution in [0.3, 0.4) is 0 Å². The van der Waals surface area contributed by atoms with Crippen molar-refractivity contribution >= 4 is 34.1 Å². The molecule has 0 fully saturated rings. The largest absolute Gasteiger partial charge is 0.493 e. The highest BCUT2D eigenvalue weighted by Gasteiger charge is 2.18. The van der Waals surface area contributed by atoms with Crippen molar-refractivity contribution in [3.63, 3.8) is 0 Å². The Morgan fingerprint density at radius 1 is 1.14 bits per heavy atom. The van der Waals surface area contributed by atoms with Gasteiger partial charge in [-0.25, -0.2) is 0 Å². The molecule has 1 amide bonds. The van der Waals surface area contributed by atoms with Crippen molar-refractivity contribution in [1.29, 1.82) is 0 Å². The number of ether oxygens (including phenoxy) is 3.